The summed E-state index contributed by atoms with van der Waals surface area (Å²) in [6.07, 6.45) is 1.15. The second-order valence-electron chi connectivity index (χ2n) is 4.10. The Morgan fingerprint density at radius 3 is 2.93 bits per heavy atom. The van der Waals surface area contributed by atoms with Crippen LogP contribution < -0.4 is 10.2 Å². The Morgan fingerprint density at radius 2 is 2.20 bits per heavy atom. The van der Waals surface area contributed by atoms with Gasteiger partial charge in [0.05, 0.1) is 0 Å². The van der Waals surface area contributed by atoms with Crippen molar-refractivity contribution in [1.29, 1.82) is 0 Å². The Labute approximate surface area is 96.3 Å². The Kier molecular flexibility index (Phi) is 2.91. The van der Waals surface area contributed by atoms with Crippen LogP contribution in [-0.2, 0) is 6.42 Å². The van der Waals surface area contributed by atoms with E-state index in [2.05, 4.69) is 41.4 Å². The number of rotatable bonds is 0. The molecule has 1 aliphatic heterocycles. The molecule has 1 N–H and O–H groups in total. The number of anilines is 1. The molecule has 1 heterocycles. The lowest BCUT2D eigenvalue weighted by Crippen LogP contribution is -2.43. The topological polar surface area (TPSA) is 15.3 Å². The molecule has 1 aromatic carbocycles. The number of fused-ring (bicyclic) bond motifs is 1. The normalized spacial score (nSPS) is 19.6. The third kappa shape index (κ3) is 1.97. The molecule has 1 atom stereocenters. The van der Waals surface area contributed by atoms with Gasteiger partial charge in [-0.15, -0.1) is 0 Å². The number of hydrogen-bond donors (Lipinski definition) is 1. The smallest absolute Gasteiger partial charge is 0.173 e. The van der Waals surface area contributed by atoms with Crippen molar-refractivity contribution < 1.29 is 0 Å². The highest BCUT2D eigenvalue weighted by Gasteiger charge is 2.23. The summed E-state index contributed by atoms with van der Waals surface area (Å²) in [6, 6.07) is 8.50. The van der Waals surface area contributed by atoms with Gasteiger partial charge in [0, 0.05) is 19.3 Å². The molecule has 0 radical (unpaired) electrons. The molecule has 0 spiro atoms. The Morgan fingerprint density at radius 1 is 1.47 bits per heavy atom. The van der Waals surface area contributed by atoms with Gasteiger partial charge in [0.2, 0.25) is 0 Å². The molecule has 2 rings (SSSR count). The molecular formula is C12H16N2S. The van der Waals surface area contributed by atoms with Gasteiger partial charge in [-0.05, 0) is 36.2 Å². The van der Waals surface area contributed by atoms with Crippen LogP contribution >= 0.6 is 12.2 Å². The minimum atomic E-state index is 0.659. The Bertz CT molecular complexity index is 376. The van der Waals surface area contributed by atoms with Crippen molar-refractivity contribution in [2.75, 3.05) is 18.5 Å². The first-order valence-electron chi connectivity index (χ1n) is 5.29. The van der Waals surface area contributed by atoms with Gasteiger partial charge in [0.25, 0.3) is 0 Å². The predicted molar refractivity (Wildman–Crippen MR) is 68.3 cm³/mol. The highest BCUT2D eigenvalue weighted by atomic mass is 32.1. The molecule has 0 saturated heterocycles. The van der Waals surface area contributed by atoms with Crippen molar-refractivity contribution in [3.05, 3.63) is 29.8 Å². The summed E-state index contributed by atoms with van der Waals surface area (Å²) in [6.45, 7) is 3.28. The first-order valence-corrected chi connectivity index (χ1v) is 5.70. The van der Waals surface area contributed by atoms with Crippen LogP contribution in [0.1, 0.15) is 12.5 Å². The average Bonchev–Trinajstić information content (AvgIpc) is 2.26. The van der Waals surface area contributed by atoms with Crippen molar-refractivity contribution in [1.82, 2.24) is 5.32 Å². The first kappa shape index (κ1) is 10.4. The summed E-state index contributed by atoms with van der Waals surface area (Å²) in [4.78, 5) is 2.19. The van der Waals surface area contributed by atoms with Crippen molar-refractivity contribution in [3.63, 3.8) is 0 Å². The second kappa shape index (κ2) is 4.19. The Hall–Kier alpha value is -1.09. The van der Waals surface area contributed by atoms with E-state index in [4.69, 9.17) is 12.2 Å². The number of hydrogen-bond acceptors (Lipinski definition) is 1. The molecule has 80 valence electrons. The third-order valence-corrected chi connectivity index (χ3v) is 3.23. The zero-order chi connectivity index (χ0) is 10.8. The van der Waals surface area contributed by atoms with E-state index < -0.39 is 0 Å². The minimum Gasteiger partial charge on any atom is -0.365 e. The maximum absolute atomic E-state index is 5.32. The quantitative estimate of drug-likeness (QED) is 0.675. The molecule has 1 unspecified atom stereocenters. The molecule has 1 aliphatic rings. The maximum Gasteiger partial charge on any atom is 0.173 e. The van der Waals surface area contributed by atoms with Crippen LogP contribution in [0, 0.1) is 5.92 Å². The summed E-state index contributed by atoms with van der Waals surface area (Å²) in [5, 5.41) is 3.87. The van der Waals surface area contributed by atoms with Crippen LogP contribution in [0.25, 0.3) is 0 Å². The summed E-state index contributed by atoms with van der Waals surface area (Å²) < 4.78 is 0. The molecule has 0 aromatic heterocycles. The van der Waals surface area contributed by atoms with Gasteiger partial charge in [0.15, 0.2) is 5.11 Å². The van der Waals surface area contributed by atoms with Crippen LogP contribution in [0.5, 0.6) is 0 Å². The number of thiocarbonyl (C=S) groups is 1. The van der Waals surface area contributed by atoms with Crippen LogP contribution in [0.15, 0.2) is 24.3 Å². The molecule has 0 fully saturated rings. The lowest BCUT2D eigenvalue weighted by atomic mass is 9.94. The van der Waals surface area contributed by atoms with Gasteiger partial charge in [-0.3, -0.25) is 0 Å². The van der Waals surface area contributed by atoms with E-state index in [1.807, 2.05) is 7.05 Å². The second-order valence-corrected chi connectivity index (χ2v) is 4.49. The largest absolute Gasteiger partial charge is 0.365 e. The fourth-order valence-corrected chi connectivity index (χ4v) is 2.30. The van der Waals surface area contributed by atoms with Gasteiger partial charge < -0.3 is 10.2 Å². The SMILES string of the molecule is CNC(=S)N1CC(C)Cc2ccccc21. The summed E-state index contributed by atoms with van der Waals surface area (Å²) >= 11 is 5.32. The van der Waals surface area contributed by atoms with E-state index in [-0.39, 0.29) is 0 Å². The van der Waals surface area contributed by atoms with E-state index in [1.54, 1.807) is 0 Å². The number of benzene rings is 1. The maximum atomic E-state index is 5.32. The van der Waals surface area contributed by atoms with Crippen LogP contribution in [0.4, 0.5) is 5.69 Å². The van der Waals surface area contributed by atoms with Gasteiger partial charge in [-0.25, -0.2) is 0 Å². The zero-order valence-corrected chi connectivity index (χ0v) is 9.97. The van der Waals surface area contributed by atoms with E-state index in [9.17, 15) is 0 Å². The standard InChI is InChI=1S/C12H16N2S/c1-9-7-10-5-3-4-6-11(10)14(8-9)12(15)13-2/h3-6,9H,7-8H2,1-2H3,(H,13,15). The third-order valence-electron chi connectivity index (χ3n) is 2.80. The minimum absolute atomic E-state index is 0.659. The fraction of sp³-hybridized carbons (Fsp3) is 0.417. The fourth-order valence-electron chi connectivity index (χ4n) is 2.12. The molecule has 0 bridgehead atoms. The average molecular weight is 220 g/mol. The van der Waals surface area contributed by atoms with Crippen molar-refractivity contribution in [2.45, 2.75) is 13.3 Å². The molecule has 15 heavy (non-hydrogen) atoms. The molecule has 0 aliphatic carbocycles. The molecule has 0 saturated carbocycles. The Balaban J connectivity index is 2.38. The molecule has 0 amide bonds. The van der Waals surface area contributed by atoms with Gasteiger partial charge >= 0.3 is 0 Å². The summed E-state index contributed by atoms with van der Waals surface area (Å²) in [5.41, 5.74) is 2.66. The summed E-state index contributed by atoms with van der Waals surface area (Å²) in [7, 11) is 1.88. The summed E-state index contributed by atoms with van der Waals surface area (Å²) in [5.74, 6) is 0.659. The van der Waals surface area contributed by atoms with Crippen molar-refractivity contribution in [3.8, 4) is 0 Å². The first-order chi connectivity index (χ1) is 7.22. The highest BCUT2D eigenvalue weighted by Crippen LogP contribution is 2.29. The number of nitrogens with one attached hydrogen (secondary N) is 1. The number of para-hydroxylation sites is 1. The monoisotopic (exact) mass is 220 g/mol. The molecule has 3 heteroatoms. The van der Waals surface area contributed by atoms with Gasteiger partial charge in [-0.1, -0.05) is 25.1 Å². The van der Waals surface area contributed by atoms with Crippen molar-refractivity contribution in [2.24, 2.45) is 5.92 Å². The van der Waals surface area contributed by atoms with E-state index in [0.717, 1.165) is 18.1 Å². The van der Waals surface area contributed by atoms with Crippen molar-refractivity contribution >= 4 is 23.0 Å². The number of nitrogens with zero attached hydrogens (tertiary/aromatic N) is 1. The van der Waals surface area contributed by atoms with Gasteiger partial charge in [-0.2, -0.15) is 0 Å². The predicted octanol–water partition coefficient (Wildman–Crippen LogP) is 2.19. The van der Waals surface area contributed by atoms with Crippen LogP contribution in [0.3, 0.4) is 0 Å². The lowest BCUT2D eigenvalue weighted by Gasteiger charge is -2.34. The molecule has 1 aromatic rings. The molecular weight excluding hydrogens is 204 g/mol. The van der Waals surface area contributed by atoms with E-state index in [0.29, 0.717) is 5.92 Å². The van der Waals surface area contributed by atoms with E-state index in [1.165, 1.54) is 11.3 Å². The highest BCUT2D eigenvalue weighted by molar-refractivity contribution is 7.80. The zero-order valence-electron chi connectivity index (χ0n) is 9.16. The van der Waals surface area contributed by atoms with E-state index >= 15 is 0 Å². The molecule has 2 nitrogen and oxygen atoms in total. The van der Waals surface area contributed by atoms with Gasteiger partial charge in [0.1, 0.15) is 0 Å². The van der Waals surface area contributed by atoms with Crippen LogP contribution in [-0.4, -0.2) is 18.7 Å². The lowest BCUT2D eigenvalue weighted by molar-refractivity contribution is 0.566. The van der Waals surface area contributed by atoms with Crippen LogP contribution in [0.2, 0.25) is 0 Å².